The fourth-order valence-corrected chi connectivity index (χ4v) is 6.14. The Hall–Kier alpha value is -4.06. The Bertz CT molecular complexity index is 1580. The van der Waals surface area contributed by atoms with E-state index in [2.05, 4.69) is 75.3 Å². The first-order valence-corrected chi connectivity index (χ1v) is 13.6. The molecule has 0 spiro atoms. The van der Waals surface area contributed by atoms with Crippen LogP contribution in [-0.4, -0.2) is 25.4 Å². The second-order valence-corrected chi connectivity index (χ2v) is 10.5. The molecule has 1 atom stereocenters. The lowest BCUT2D eigenvalue weighted by Crippen LogP contribution is -2.32. The monoisotopic (exact) mass is 503 g/mol. The first-order valence-electron chi connectivity index (χ1n) is 13.6. The quantitative estimate of drug-likeness (QED) is 0.286. The van der Waals surface area contributed by atoms with Crippen LogP contribution in [-0.2, 0) is 17.9 Å². The second kappa shape index (κ2) is 10.4. The zero-order valence-corrected chi connectivity index (χ0v) is 22.0. The molecule has 1 aliphatic carbocycles. The Morgan fingerprint density at radius 3 is 2.45 bits per heavy atom. The van der Waals surface area contributed by atoms with Crippen LogP contribution >= 0.6 is 0 Å². The average molecular weight is 504 g/mol. The summed E-state index contributed by atoms with van der Waals surface area (Å²) in [6.45, 7) is 5.25. The highest BCUT2D eigenvalue weighted by molar-refractivity contribution is 6.07. The van der Waals surface area contributed by atoms with Gasteiger partial charge in [0.2, 0.25) is 5.91 Å². The van der Waals surface area contributed by atoms with E-state index in [9.17, 15) is 4.79 Å². The Morgan fingerprint density at radius 2 is 1.68 bits per heavy atom. The molecule has 3 aromatic heterocycles. The van der Waals surface area contributed by atoms with Gasteiger partial charge >= 0.3 is 0 Å². The number of aryl methyl sites for hydroxylation is 2. The van der Waals surface area contributed by atoms with Gasteiger partial charge < -0.3 is 9.88 Å². The van der Waals surface area contributed by atoms with Gasteiger partial charge in [-0.2, -0.15) is 0 Å². The highest BCUT2D eigenvalue weighted by atomic mass is 16.1. The summed E-state index contributed by atoms with van der Waals surface area (Å²) in [7, 11) is 0. The zero-order valence-electron chi connectivity index (χ0n) is 22.0. The molecule has 1 saturated carbocycles. The van der Waals surface area contributed by atoms with Crippen molar-refractivity contribution in [3.63, 3.8) is 0 Å². The first-order chi connectivity index (χ1) is 18.6. The molecule has 1 unspecified atom stereocenters. The summed E-state index contributed by atoms with van der Waals surface area (Å²) in [5.74, 6) is 1.16. The fraction of sp³-hybridized carbons (Fsp3) is 0.312. The topological polar surface area (TPSA) is 72.7 Å². The molecule has 192 valence electrons. The van der Waals surface area contributed by atoms with Crippen LogP contribution in [0.15, 0.2) is 73.1 Å². The van der Waals surface area contributed by atoms with Gasteiger partial charge in [-0.1, -0.05) is 55.3 Å². The Labute approximate surface area is 223 Å². The van der Waals surface area contributed by atoms with Crippen molar-refractivity contribution in [1.29, 1.82) is 0 Å². The summed E-state index contributed by atoms with van der Waals surface area (Å²) in [6, 6.07) is 21.0. The fourth-order valence-electron chi connectivity index (χ4n) is 6.14. The number of pyridine rings is 1. The molecule has 1 aliphatic rings. The summed E-state index contributed by atoms with van der Waals surface area (Å²) in [5, 5.41) is 5.50. The van der Waals surface area contributed by atoms with E-state index in [1.165, 1.54) is 23.8 Å². The second-order valence-electron chi connectivity index (χ2n) is 10.5. The Balaban J connectivity index is 1.29. The Kier molecular flexibility index (Phi) is 6.62. The van der Waals surface area contributed by atoms with Gasteiger partial charge in [0.05, 0.1) is 17.1 Å². The third-order valence-electron chi connectivity index (χ3n) is 7.95. The molecule has 0 bridgehead atoms. The van der Waals surface area contributed by atoms with Crippen LogP contribution in [0.4, 0.5) is 0 Å². The van der Waals surface area contributed by atoms with Gasteiger partial charge in [-0.15, -0.1) is 0 Å². The van der Waals surface area contributed by atoms with Gasteiger partial charge in [0.25, 0.3) is 0 Å². The van der Waals surface area contributed by atoms with Crippen molar-refractivity contribution in [1.82, 2.24) is 24.8 Å². The number of nitrogens with one attached hydrogen (secondary N) is 1. The number of nitrogens with zero attached hydrogens (tertiary/aromatic N) is 4. The van der Waals surface area contributed by atoms with Gasteiger partial charge in [-0.3, -0.25) is 9.78 Å². The zero-order chi connectivity index (χ0) is 26.1. The van der Waals surface area contributed by atoms with Crippen LogP contribution in [0.5, 0.6) is 0 Å². The molecular weight excluding hydrogens is 470 g/mol. The molecule has 0 radical (unpaired) electrons. The summed E-state index contributed by atoms with van der Waals surface area (Å²) < 4.78 is 2.29. The predicted molar refractivity (Wildman–Crippen MR) is 151 cm³/mol. The minimum Gasteiger partial charge on any atom is -0.351 e. The average Bonchev–Trinajstić information content (AvgIpc) is 3.56. The molecule has 5 aromatic rings. The number of para-hydroxylation sites is 1. The highest BCUT2D eigenvalue weighted by Crippen LogP contribution is 2.38. The molecule has 0 saturated heterocycles. The maximum atomic E-state index is 13.5. The number of rotatable bonds is 7. The van der Waals surface area contributed by atoms with Gasteiger partial charge in [-0.25, -0.2) is 9.97 Å². The number of hydrogen-bond donors (Lipinski definition) is 1. The molecule has 2 aromatic carbocycles. The van der Waals surface area contributed by atoms with Crippen molar-refractivity contribution >= 4 is 27.8 Å². The third-order valence-corrected chi connectivity index (χ3v) is 7.95. The van der Waals surface area contributed by atoms with E-state index in [0.29, 0.717) is 19.0 Å². The molecule has 3 heterocycles. The minimum absolute atomic E-state index is 0.117. The molecule has 1 N–H and O–H groups in total. The van der Waals surface area contributed by atoms with Crippen molar-refractivity contribution in [2.24, 2.45) is 5.92 Å². The van der Waals surface area contributed by atoms with Crippen LogP contribution in [0.25, 0.3) is 21.9 Å². The molecule has 1 amide bonds. The van der Waals surface area contributed by atoms with E-state index in [-0.39, 0.29) is 11.8 Å². The number of amides is 1. The van der Waals surface area contributed by atoms with Crippen LogP contribution in [0, 0.1) is 19.8 Å². The molecule has 38 heavy (non-hydrogen) atoms. The van der Waals surface area contributed by atoms with E-state index in [4.69, 9.17) is 4.98 Å². The van der Waals surface area contributed by atoms with Crippen LogP contribution in [0.3, 0.4) is 0 Å². The lowest BCUT2D eigenvalue weighted by Gasteiger charge is -2.23. The van der Waals surface area contributed by atoms with Crippen LogP contribution in [0.1, 0.15) is 59.8 Å². The molecule has 6 heteroatoms. The summed E-state index contributed by atoms with van der Waals surface area (Å²) in [6.07, 6.45) is 8.14. The smallest absolute Gasteiger partial charge is 0.228 e. The number of fused-ring (bicyclic) bond motifs is 3. The van der Waals surface area contributed by atoms with Crippen molar-refractivity contribution < 1.29 is 4.79 Å². The maximum Gasteiger partial charge on any atom is 0.228 e. The predicted octanol–water partition coefficient (Wildman–Crippen LogP) is 6.23. The van der Waals surface area contributed by atoms with Gasteiger partial charge in [0.1, 0.15) is 11.5 Å². The number of hydrogen-bond acceptors (Lipinski definition) is 4. The minimum atomic E-state index is -0.125. The summed E-state index contributed by atoms with van der Waals surface area (Å²) >= 11 is 0. The van der Waals surface area contributed by atoms with Crippen molar-refractivity contribution in [2.45, 2.75) is 58.5 Å². The lowest BCUT2D eigenvalue weighted by molar-refractivity contribution is -0.123. The molecule has 0 aliphatic heterocycles. The van der Waals surface area contributed by atoms with Gasteiger partial charge in [-0.05, 0) is 67.5 Å². The summed E-state index contributed by atoms with van der Waals surface area (Å²) in [4.78, 5) is 27.0. The molecule has 1 fully saturated rings. The molecule has 6 rings (SSSR count). The molecule has 6 nitrogen and oxygen atoms in total. The third kappa shape index (κ3) is 4.67. The number of carbonyl (C=O) groups is 1. The number of benzene rings is 2. The van der Waals surface area contributed by atoms with E-state index in [1.54, 1.807) is 12.4 Å². The SMILES string of the molecule is Cc1nc(C)c2c3ccccc3n(Cc3ccc(C(C(=O)NCc4ccncc4)C4CCCC4)cc3)c2n1. The van der Waals surface area contributed by atoms with E-state index < -0.39 is 0 Å². The van der Waals surface area contributed by atoms with Crippen molar-refractivity contribution in [3.8, 4) is 0 Å². The number of aromatic nitrogens is 4. The molecular formula is C32H33N5O. The van der Waals surface area contributed by atoms with Gasteiger partial charge in [0, 0.05) is 36.3 Å². The van der Waals surface area contributed by atoms with Crippen molar-refractivity contribution in [2.75, 3.05) is 0 Å². The standard InChI is InChI=1S/C32H33N5O/c1-21-29-27-9-5-6-10-28(27)37(31(29)36-22(2)35-21)20-24-11-13-26(14-12-24)30(25-7-3-4-8-25)32(38)34-19-23-15-17-33-18-16-23/h5-6,9-18,25,30H,3-4,7-8,19-20H2,1-2H3,(H,34,38). The largest absolute Gasteiger partial charge is 0.351 e. The lowest BCUT2D eigenvalue weighted by atomic mass is 9.83. The normalized spacial score (nSPS) is 14.8. The summed E-state index contributed by atoms with van der Waals surface area (Å²) in [5.41, 5.74) is 6.50. The van der Waals surface area contributed by atoms with E-state index >= 15 is 0 Å². The van der Waals surface area contributed by atoms with Gasteiger partial charge in [0.15, 0.2) is 0 Å². The van der Waals surface area contributed by atoms with Crippen LogP contribution in [0.2, 0.25) is 0 Å². The van der Waals surface area contributed by atoms with E-state index in [1.807, 2.05) is 19.1 Å². The van der Waals surface area contributed by atoms with Crippen molar-refractivity contribution in [3.05, 3.63) is 101 Å². The maximum absolute atomic E-state index is 13.5. The number of carbonyl (C=O) groups excluding carboxylic acids is 1. The highest BCUT2D eigenvalue weighted by Gasteiger charge is 2.32. The Morgan fingerprint density at radius 1 is 0.947 bits per heavy atom. The van der Waals surface area contributed by atoms with E-state index in [0.717, 1.165) is 52.0 Å². The first kappa shape index (κ1) is 24.3. The van der Waals surface area contributed by atoms with Crippen LogP contribution < -0.4 is 5.32 Å².